The Kier molecular flexibility index (Phi) is 4.88. The Morgan fingerprint density at radius 2 is 1.69 bits per heavy atom. The Labute approximate surface area is 202 Å². The number of fused-ring (bicyclic) bond motifs is 3. The Hall–Kier alpha value is -4.13. The maximum atomic E-state index is 13.2. The van der Waals surface area contributed by atoms with Crippen molar-refractivity contribution in [2.24, 2.45) is 0 Å². The molecule has 2 aliphatic rings. The van der Waals surface area contributed by atoms with Crippen LogP contribution in [-0.2, 0) is 30.6 Å². The average molecular weight is 468 g/mol. The molecule has 0 saturated carbocycles. The summed E-state index contributed by atoms with van der Waals surface area (Å²) in [7, 11) is 3.20. The molecule has 1 aliphatic heterocycles. The number of rotatable bonds is 4. The third kappa shape index (κ3) is 3.22. The van der Waals surface area contributed by atoms with Gasteiger partial charge in [0.2, 0.25) is 5.91 Å². The lowest BCUT2D eigenvalue weighted by Crippen LogP contribution is -2.32. The lowest BCUT2D eigenvalue weighted by Gasteiger charge is -2.26. The number of aryl methyl sites for hydroxylation is 3. The molecule has 7 heteroatoms. The molecule has 35 heavy (non-hydrogen) atoms. The van der Waals surface area contributed by atoms with Crippen LogP contribution in [0.1, 0.15) is 23.6 Å². The van der Waals surface area contributed by atoms with Crippen molar-refractivity contribution in [1.29, 1.82) is 0 Å². The molecule has 0 N–H and O–H groups in total. The lowest BCUT2D eigenvalue weighted by atomic mass is 9.96. The van der Waals surface area contributed by atoms with Gasteiger partial charge < -0.3 is 9.47 Å². The summed E-state index contributed by atoms with van der Waals surface area (Å²) in [4.78, 5) is 32.1. The quantitative estimate of drug-likeness (QED) is 0.444. The number of carbonyl (C=O) groups is 1. The molecule has 0 radical (unpaired) electrons. The third-order valence-electron chi connectivity index (χ3n) is 7.13. The van der Waals surface area contributed by atoms with Crippen LogP contribution < -0.4 is 20.1 Å². The van der Waals surface area contributed by atoms with E-state index < -0.39 is 0 Å². The molecular weight excluding hydrogens is 442 g/mol. The van der Waals surface area contributed by atoms with Crippen molar-refractivity contribution in [1.82, 2.24) is 9.55 Å². The summed E-state index contributed by atoms with van der Waals surface area (Å²) < 4.78 is 12.6. The number of hydrogen-bond acceptors (Lipinski definition) is 5. The van der Waals surface area contributed by atoms with Crippen molar-refractivity contribution in [3.63, 3.8) is 0 Å². The van der Waals surface area contributed by atoms with Crippen molar-refractivity contribution >= 4 is 28.2 Å². The van der Waals surface area contributed by atoms with Crippen LogP contribution in [0.25, 0.3) is 22.0 Å². The first-order valence-electron chi connectivity index (χ1n) is 11.7. The molecule has 176 valence electrons. The Bertz CT molecular complexity index is 1580. The molecule has 1 aromatic heterocycles. The largest absolute Gasteiger partial charge is 0.493 e. The fraction of sp³-hybridized carbons (Fsp3) is 0.250. The number of ether oxygens (including phenoxy) is 2. The first-order valence-corrected chi connectivity index (χ1v) is 11.7. The molecule has 0 saturated heterocycles. The van der Waals surface area contributed by atoms with Gasteiger partial charge in [0.25, 0.3) is 0 Å². The first kappa shape index (κ1) is 21.4. The molecule has 2 heterocycles. The molecule has 3 aromatic carbocycles. The van der Waals surface area contributed by atoms with Crippen molar-refractivity contribution < 1.29 is 14.3 Å². The van der Waals surface area contributed by atoms with Crippen molar-refractivity contribution in [2.75, 3.05) is 19.1 Å². The van der Waals surface area contributed by atoms with Crippen molar-refractivity contribution in [2.45, 2.75) is 32.7 Å². The van der Waals surface area contributed by atoms with Gasteiger partial charge in [-0.2, -0.15) is 4.98 Å². The van der Waals surface area contributed by atoms with E-state index in [9.17, 15) is 9.59 Å². The predicted octanol–water partition coefficient (Wildman–Crippen LogP) is 4.42. The summed E-state index contributed by atoms with van der Waals surface area (Å²) in [5.41, 5.74) is 5.57. The second kappa shape index (κ2) is 7.98. The summed E-state index contributed by atoms with van der Waals surface area (Å²) in [5.74, 6) is 1.34. The number of hydrogen-bond donors (Lipinski definition) is 0. The van der Waals surface area contributed by atoms with Crippen molar-refractivity contribution in [3.05, 3.63) is 75.7 Å². The molecule has 0 spiro atoms. The fourth-order valence-corrected chi connectivity index (χ4v) is 5.53. The predicted molar refractivity (Wildman–Crippen MR) is 135 cm³/mol. The van der Waals surface area contributed by atoms with Gasteiger partial charge in [-0.1, -0.05) is 24.3 Å². The first-order chi connectivity index (χ1) is 17.0. The van der Waals surface area contributed by atoms with Crippen LogP contribution in [0.3, 0.4) is 0 Å². The van der Waals surface area contributed by atoms with Gasteiger partial charge in [0.1, 0.15) is 5.82 Å². The Balaban J connectivity index is 1.57. The van der Waals surface area contributed by atoms with Crippen molar-refractivity contribution in [3.8, 4) is 22.8 Å². The number of amides is 1. The van der Waals surface area contributed by atoms with Crippen LogP contribution in [0, 0.1) is 0 Å². The molecule has 1 aliphatic carbocycles. The summed E-state index contributed by atoms with van der Waals surface area (Å²) >= 11 is 0. The minimum Gasteiger partial charge on any atom is -0.493 e. The van der Waals surface area contributed by atoms with Gasteiger partial charge in [-0.15, -0.1) is 0 Å². The molecule has 7 nitrogen and oxygen atoms in total. The highest BCUT2D eigenvalue weighted by Crippen LogP contribution is 2.41. The number of nitrogens with zero attached hydrogens (tertiary/aromatic N) is 3. The van der Waals surface area contributed by atoms with Crippen LogP contribution in [0.5, 0.6) is 11.5 Å². The highest BCUT2D eigenvalue weighted by molar-refractivity contribution is 6.09. The summed E-state index contributed by atoms with van der Waals surface area (Å²) in [6.45, 7) is 2.01. The highest BCUT2D eigenvalue weighted by Gasteiger charge is 2.26. The van der Waals surface area contributed by atoms with Gasteiger partial charge in [0.15, 0.2) is 11.5 Å². The summed E-state index contributed by atoms with van der Waals surface area (Å²) in [6.07, 6.45) is 2.67. The van der Waals surface area contributed by atoms with Gasteiger partial charge in [-0.25, -0.2) is 4.79 Å². The molecule has 6 rings (SSSR count). The number of benzene rings is 3. The van der Waals surface area contributed by atoms with Gasteiger partial charge in [0.05, 0.1) is 25.6 Å². The topological polar surface area (TPSA) is 73.7 Å². The van der Waals surface area contributed by atoms with Crippen LogP contribution in [0.2, 0.25) is 0 Å². The zero-order chi connectivity index (χ0) is 24.3. The van der Waals surface area contributed by atoms with Gasteiger partial charge in [-0.3, -0.25) is 14.3 Å². The minimum atomic E-state index is -0.380. The van der Waals surface area contributed by atoms with Crippen LogP contribution in [0.4, 0.5) is 11.5 Å². The minimum absolute atomic E-state index is 0.205. The number of methoxy groups -OCH3 is 2. The van der Waals surface area contributed by atoms with E-state index in [1.165, 1.54) is 23.4 Å². The van der Waals surface area contributed by atoms with Crippen LogP contribution >= 0.6 is 0 Å². The summed E-state index contributed by atoms with van der Waals surface area (Å²) in [5, 5.41) is 2.20. The van der Waals surface area contributed by atoms with E-state index in [2.05, 4.69) is 17.1 Å². The second-order valence-electron chi connectivity index (χ2n) is 8.99. The molecule has 4 aromatic rings. The second-order valence-corrected chi connectivity index (χ2v) is 8.99. The van der Waals surface area contributed by atoms with E-state index in [-0.39, 0.29) is 11.6 Å². The maximum Gasteiger partial charge on any atom is 0.350 e. The maximum absolute atomic E-state index is 13.2. The molecule has 0 atom stereocenters. The highest BCUT2D eigenvalue weighted by atomic mass is 16.5. The van der Waals surface area contributed by atoms with E-state index >= 15 is 0 Å². The van der Waals surface area contributed by atoms with E-state index in [0.29, 0.717) is 36.0 Å². The van der Waals surface area contributed by atoms with E-state index in [4.69, 9.17) is 9.47 Å². The van der Waals surface area contributed by atoms with Gasteiger partial charge in [0, 0.05) is 30.5 Å². The fourth-order valence-electron chi connectivity index (χ4n) is 5.53. The monoisotopic (exact) mass is 467 g/mol. The zero-order valence-corrected chi connectivity index (χ0v) is 19.9. The number of anilines is 2. The lowest BCUT2D eigenvalue weighted by molar-refractivity contribution is -0.115. The standard InChI is InChI=1S/C28H25N3O4/c1-16(32)31(22-10-9-18-8-7-17-5-4-6-20(22)27(17)18)26-15-23-21-14-25(35-3)24(34-2)13-19(21)11-12-30(23)28(33)29-26/h4-6,9-10,13-15H,7-8,11-12H2,1-3H3. The van der Waals surface area contributed by atoms with Gasteiger partial charge in [-0.05, 0) is 59.5 Å². The van der Waals surface area contributed by atoms with E-state index in [1.54, 1.807) is 23.7 Å². The average Bonchev–Trinajstić information content (AvgIpc) is 3.29. The molecule has 0 unspecified atom stereocenters. The Morgan fingerprint density at radius 1 is 0.943 bits per heavy atom. The smallest absolute Gasteiger partial charge is 0.350 e. The van der Waals surface area contributed by atoms with Gasteiger partial charge >= 0.3 is 5.69 Å². The molecule has 1 amide bonds. The van der Waals surface area contributed by atoms with Crippen LogP contribution in [0.15, 0.2) is 53.3 Å². The Morgan fingerprint density at radius 3 is 2.43 bits per heavy atom. The number of aromatic nitrogens is 2. The zero-order valence-electron chi connectivity index (χ0n) is 19.9. The normalized spacial score (nSPS) is 13.3. The van der Waals surface area contributed by atoms with Crippen LogP contribution in [-0.4, -0.2) is 29.7 Å². The van der Waals surface area contributed by atoms with E-state index in [0.717, 1.165) is 35.0 Å². The molecule has 0 bridgehead atoms. The SMILES string of the molecule is COc1cc2c(cc1OC)-c1cc(N(C(C)=O)c3ccc4c5c(cccc35)CC4)nc(=O)n1CC2. The number of carbonyl (C=O) groups excluding carboxylic acids is 1. The molecular formula is C28H25N3O4. The third-order valence-corrected chi connectivity index (χ3v) is 7.13. The molecule has 0 fully saturated rings. The summed E-state index contributed by atoms with van der Waals surface area (Å²) in [6, 6.07) is 15.9. The van der Waals surface area contributed by atoms with E-state index in [1.807, 2.05) is 36.4 Å².